The molecule has 1 unspecified atom stereocenters. The van der Waals surface area contributed by atoms with Crippen molar-refractivity contribution >= 4 is 11.6 Å². The van der Waals surface area contributed by atoms with Crippen molar-refractivity contribution in [3.63, 3.8) is 0 Å². The Hall–Kier alpha value is -1.35. The molecule has 1 amide bonds. The van der Waals surface area contributed by atoms with Crippen molar-refractivity contribution < 1.29 is 4.79 Å². The molecule has 0 radical (unpaired) electrons. The Morgan fingerprint density at radius 3 is 2.37 bits per heavy atom. The van der Waals surface area contributed by atoms with E-state index in [0.29, 0.717) is 5.92 Å². The quantitative estimate of drug-likeness (QED) is 0.842. The van der Waals surface area contributed by atoms with Crippen LogP contribution in [0.5, 0.6) is 0 Å². The van der Waals surface area contributed by atoms with Gasteiger partial charge in [0.1, 0.15) is 0 Å². The van der Waals surface area contributed by atoms with Crippen molar-refractivity contribution in [2.24, 2.45) is 5.92 Å². The minimum Gasteiger partial charge on any atom is -0.311 e. The third kappa shape index (κ3) is 2.98. The molecule has 1 fully saturated rings. The molecule has 104 valence electrons. The summed E-state index contributed by atoms with van der Waals surface area (Å²) in [6.45, 7) is 11.9. The Kier molecular flexibility index (Phi) is 3.68. The number of nitrogens with zero attached hydrogens (tertiary/aromatic N) is 1. The van der Waals surface area contributed by atoms with Crippen LogP contribution in [0, 0.1) is 19.8 Å². The van der Waals surface area contributed by atoms with Crippen molar-refractivity contribution in [2.75, 3.05) is 18.0 Å². The van der Waals surface area contributed by atoms with Gasteiger partial charge < -0.3 is 10.2 Å². The largest absolute Gasteiger partial charge is 0.311 e. The molecule has 2 rings (SSSR count). The lowest BCUT2D eigenvalue weighted by atomic mass is 10.0. The summed E-state index contributed by atoms with van der Waals surface area (Å²) >= 11 is 0. The molecule has 1 N–H and O–H groups in total. The van der Waals surface area contributed by atoms with Gasteiger partial charge >= 0.3 is 0 Å². The van der Waals surface area contributed by atoms with Crippen LogP contribution in [0.15, 0.2) is 18.2 Å². The summed E-state index contributed by atoms with van der Waals surface area (Å²) in [5.41, 5.74) is 2.92. The number of nitrogens with one attached hydrogen (secondary N) is 1. The average Bonchev–Trinajstić information content (AvgIpc) is 2.40. The van der Waals surface area contributed by atoms with Gasteiger partial charge in [-0.1, -0.05) is 13.0 Å². The minimum atomic E-state index is -0.498. The van der Waals surface area contributed by atoms with E-state index in [1.807, 2.05) is 18.7 Å². The smallest absolute Gasteiger partial charge is 0.246 e. The molecule has 0 saturated carbocycles. The molecule has 0 aliphatic carbocycles. The zero-order chi connectivity index (χ0) is 14.2. The number of carbonyl (C=O) groups excluding carboxylic acids is 1. The van der Waals surface area contributed by atoms with Crippen molar-refractivity contribution in [1.29, 1.82) is 0 Å². The first-order valence-corrected chi connectivity index (χ1v) is 6.95. The number of hydrogen-bond acceptors (Lipinski definition) is 2. The van der Waals surface area contributed by atoms with Gasteiger partial charge in [0.15, 0.2) is 0 Å². The first kappa shape index (κ1) is 14.1. The van der Waals surface area contributed by atoms with E-state index in [-0.39, 0.29) is 5.91 Å². The number of carbonyl (C=O) groups is 1. The maximum atomic E-state index is 12.7. The molecule has 0 bridgehead atoms. The maximum absolute atomic E-state index is 12.7. The highest BCUT2D eigenvalue weighted by atomic mass is 16.2. The number of benzene rings is 1. The second kappa shape index (κ2) is 4.97. The van der Waals surface area contributed by atoms with Crippen molar-refractivity contribution in [3.8, 4) is 0 Å². The molecule has 1 aliphatic heterocycles. The third-order valence-corrected chi connectivity index (χ3v) is 3.68. The van der Waals surface area contributed by atoms with Gasteiger partial charge in [0.05, 0.1) is 5.54 Å². The molecular formula is C16H24N2O. The standard InChI is InChI=1S/C16H24N2O/c1-11-6-12(2)8-14(7-11)18-10-13(3)9-17-16(4,5)15(18)19/h6-8,13,17H,9-10H2,1-5H3. The summed E-state index contributed by atoms with van der Waals surface area (Å²) < 4.78 is 0. The first-order valence-electron chi connectivity index (χ1n) is 6.95. The predicted octanol–water partition coefficient (Wildman–Crippen LogP) is 2.65. The average molecular weight is 260 g/mol. The van der Waals surface area contributed by atoms with Gasteiger partial charge in [0.2, 0.25) is 5.91 Å². The molecule has 1 atom stereocenters. The second-order valence-corrected chi connectivity index (χ2v) is 6.37. The molecule has 3 nitrogen and oxygen atoms in total. The maximum Gasteiger partial charge on any atom is 0.246 e. The van der Waals surface area contributed by atoms with Gasteiger partial charge in [-0.05, 0) is 56.9 Å². The second-order valence-electron chi connectivity index (χ2n) is 6.37. The fourth-order valence-electron chi connectivity index (χ4n) is 2.63. The molecule has 1 heterocycles. The summed E-state index contributed by atoms with van der Waals surface area (Å²) in [6.07, 6.45) is 0. The SMILES string of the molecule is Cc1cc(C)cc(N2CC(C)CNC(C)(C)C2=O)c1. The summed E-state index contributed by atoms with van der Waals surface area (Å²) in [5, 5.41) is 3.36. The number of aryl methyl sites for hydroxylation is 2. The fraction of sp³-hybridized carbons (Fsp3) is 0.562. The molecule has 19 heavy (non-hydrogen) atoms. The molecule has 1 saturated heterocycles. The molecule has 3 heteroatoms. The van der Waals surface area contributed by atoms with Crippen LogP contribution in [0.2, 0.25) is 0 Å². The number of hydrogen-bond donors (Lipinski definition) is 1. The van der Waals surface area contributed by atoms with E-state index >= 15 is 0 Å². The number of anilines is 1. The number of amides is 1. The van der Waals surface area contributed by atoms with E-state index in [1.54, 1.807) is 0 Å². The van der Waals surface area contributed by atoms with Gasteiger partial charge in [0, 0.05) is 18.8 Å². The van der Waals surface area contributed by atoms with Crippen LogP contribution in [0.1, 0.15) is 31.9 Å². The van der Waals surface area contributed by atoms with Gasteiger partial charge in [-0.15, -0.1) is 0 Å². The Balaban J connectivity index is 2.42. The van der Waals surface area contributed by atoms with Crippen molar-refractivity contribution in [2.45, 2.75) is 40.2 Å². The van der Waals surface area contributed by atoms with Gasteiger partial charge in [-0.2, -0.15) is 0 Å². The summed E-state index contributed by atoms with van der Waals surface area (Å²) in [7, 11) is 0. The lowest BCUT2D eigenvalue weighted by Gasteiger charge is -2.29. The highest BCUT2D eigenvalue weighted by Gasteiger charge is 2.36. The fourth-order valence-corrected chi connectivity index (χ4v) is 2.63. The van der Waals surface area contributed by atoms with E-state index in [1.165, 1.54) is 11.1 Å². The third-order valence-electron chi connectivity index (χ3n) is 3.68. The summed E-state index contributed by atoms with van der Waals surface area (Å²) in [4.78, 5) is 14.6. The predicted molar refractivity (Wildman–Crippen MR) is 79.5 cm³/mol. The van der Waals surface area contributed by atoms with Gasteiger partial charge in [-0.3, -0.25) is 4.79 Å². The highest BCUT2D eigenvalue weighted by Crippen LogP contribution is 2.25. The first-order chi connectivity index (χ1) is 8.79. The zero-order valence-corrected chi connectivity index (χ0v) is 12.6. The molecule has 0 spiro atoms. The van der Waals surface area contributed by atoms with Crippen LogP contribution in [-0.2, 0) is 4.79 Å². The van der Waals surface area contributed by atoms with Crippen LogP contribution >= 0.6 is 0 Å². The van der Waals surface area contributed by atoms with E-state index in [4.69, 9.17) is 0 Å². The highest BCUT2D eigenvalue weighted by molar-refractivity contribution is 6.00. The van der Waals surface area contributed by atoms with Crippen molar-refractivity contribution in [1.82, 2.24) is 5.32 Å². The van der Waals surface area contributed by atoms with E-state index in [9.17, 15) is 4.79 Å². The summed E-state index contributed by atoms with van der Waals surface area (Å²) in [5.74, 6) is 0.605. The topological polar surface area (TPSA) is 32.3 Å². The number of rotatable bonds is 1. The monoisotopic (exact) mass is 260 g/mol. The minimum absolute atomic E-state index is 0.154. The van der Waals surface area contributed by atoms with E-state index in [0.717, 1.165) is 18.8 Å². The van der Waals surface area contributed by atoms with Crippen LogP contribution in [0.25, 0.3) is 0 Å². The Labute approximate surface area is 116 Å². The van der Waals surface area contributed by atoms with Crippen LogP contribution < -0.4 is 10.2 Å². The Bertz CT molecular complexity index is 473. The molecule has 1 aliphatic rings. The van der Waals surface area contributed by atoms with Crippen LogP contribution in [0.3, 0.4) is 0 Å². The zero-order valence-electron chi connectivity index (χ0n) is 12.6. The lowest BCUT2D eigenvalue weighted by molar-refractivity contribution is -0.123. The summed E-state index contributed by atoms with van der Waals surface area (Å²) in [6, 6.07) is 6.33. The molecule has 0 aromatic heterocycles. The van der Waals surface area contributed by atoms with E-state index < -0.39 is 5.54 Å². The van der Waals surface area contributed by atoms with Crippen LogP contribution in [-0.4, -0.2) is 24.5 Å². The Morgan fingerprint density at radius 2 is 1.79 bits per heavy atom. The molecule has 1 aromatic carbocycles. The Morgan fingerprint density at radius 1 is 1.21 bits per heavy atom. The molecule has 1 aromatic rings. The van der Waals surface area contributed by atoms with E-state index in [2.05, 4.69) is 44.3 Å². The van der Waals surface area contributed by atoms with Gasteiger partial charge in [0.25, 0.3) is 0 Å². The molecular weight excluding hydrogens is 236 g/mol. The van der Waals surface area contributed by atoms with Crippen LogP contribution in [0.4, 0.5) is 5.69 Å². The van der Waals surface area contributed by atoms with Crippen molar-refractivity contribution in [3.05, 3.63) is 29.3 Å². The lowest BCUT2D eigenvalue weighted by Crippen LogP contribution is -2.51. The normalized spacial score (nSPS) is 23.3. The van der Waals surface area contributed by atoms with Gasteiger partial charge in [-0.25, -0.2) is 0 Å².